The lowest BCUT2D eigenvalue weighted by molar-refractivity contribution is -0.137. The number of carbonyl (C=O) groups is 2. The maximum atomic E-state index is 14.8. The fourth-order valence-corrected chi connectivity index (χ4v) is 10.6. The SMILES string of the molecule is COc1ccc2c(c1)C1CC1(C(=O)N(C)CC1CC3CCC1N3C)Cn1c-2c(C2CCCCC2)c2ccc(C(=O)NS(=O)(=O)N(C)C)cc21. The second kappa shape index (κ2) is 11.8. The van der Waals surface area contributed by atoms with Crippen LogP contribution < -0.4 is 9.46 Å². The van der Waals surface area contributed by atoms with Crippen molar-refractivity contribution in [1.82, 2.24) is 23.4 Å². The number of amides is 2. The van der Waals surface area contributed by atoms with Crippen LogP contribution in [0.25, 0.3) is 22.2 Å². The van der Waals surface area contributed by atoms with Gasteiger partial charge in [0.1, 0.15) is 5.75 Å². The van der Waals surface area contributed by atoms with Crippen molar-refractivity contribution in [2.24, 2.45) is 11.3 Å². The van der Waals surface area contributed by atoms with Crippen LogP contribution in [0.3, 0.4) is 0 Å². The Morgan fingerprint density at radius 2 is 1.80 bits per heavy atom. The summed E-state index contributed by atoms with van der Waals surface area (Å²) in [7, 11) is 4.74. The van der Waals surface area contributed by atoms with Crippen LogP contribution in [0.15, 0.2) is 36.4 Å². The molecular formula is C38H49N5O5S. The molecule has 3 aliphatic heterocycles. The standard InChI is InChI=1S/C38H49N5O5S/c1-40(2)49(46,47)39-36(44)24-11-14-29-33(18-24)43-22-38(37(45)41(3)21-25-17-26-12-16-32(25)42(26)4)20-31(38)30-19-27(48-5)13-15-28(30)35(43)34(29)23-9-7-6-8-10-23/h11,13-15,18-19,23,25-26,31-32H,6-10,12,16-17,20-22H2,1-5H3,(H,39,44). The number of rotatable bonds is 8. The van der Waals surface area contributed by atoms with Gasteiger partial charge in [0.25, 0.3) is 5.91 Å². The van der Waals surface area contributed by atoms with Gasteiger partial charge in [-0.3, -0.25) is 9.59 Å². The third-order valence-electron chi connectivity index (χ3n) is 12.8. The van der Waals surface area contributed by atoms with E-state index < -0.39 is 21.5 Å². The minimum atomic E-state index is -3.97. The second-order valence-corrected chi connectivity index (χ2v) is 17.5. The van der Waals surface area contributed by atoms with Gasteiger partial charge >= 0.3 is 10.2 Å². The minimum Gasteiger partial charge on any atom is -0.497 e. The summed E-state index contributed by atoms with van der Waals surface area (Å²) in [6, 6.07) is 13.1. The summed E-state index contributed by atoms with van der Waals surface area (Å²) in [4.78, 5) is 32.8. The molecule has 11 heteroatoms. The summed E-state index contributed by atoms with van der Waals surface area (Å²) in [5, 5.41) is 1.08. The Bertz CT molecular complexity index is 1950. The monoisotopic (exact) mass is 687 g/mol. The van der Waals surface area contributed by atoms with Crippen molar-refractivity contribution in [3.8, 4) is 17.0 Å². The van der Waals surface area contributed by atoms with Gasteiger partial charge in [-0.15, -0.1) is 0 Å². The van der Waals surface area contributed by atoms with Crippen molar-refractivity contribution in [3.63, 3.8) is 0 Å². The number of benzene rings is 2. The lowest BCUT2D eigenvalue weighted by Gasteiger charge is -2.30. The highest BCUT2D eigenvalue weighted by Gasteiger charge is 2.64. The molecule has 5 atom stereocenters. The van der Waals surface area contributed by atoms with E-state index in [0.29, 0.717) is 30.5 Å². The second-order valence-electron chi connectivity index (χ2n) is 15.6. The highest BCUT2D eigenvalue weighted by Crippen LogP contribution is 2.66. The first-order chi connectivity index (χ1) is 23.4. The number of fused-ring (bicyclic) bond motifs is 9. The van der Waals surface area contributed by atoms with Crippen LogP contribution in [0.5, 0.6) is 5.75 Å². The summed E-state index contributed by atoms with van der Waals surface area (Å²) in [6.45, 7) is 1.27. The number of nitrogens with one attached hydrogen (secondary N) is 1. The number of hydrogen-bond donors (Lipinski definition) is 1. The molecule has 2 saturated heterocycles. The van der Waals surface area contributed by atoms with E-state index >= 15 is 0 Å². The Labute approximate surface area is 289 Å². The van der Waals surface area contributed by atoms with Crippen LogP contribution in [-0.4, -0.2) is 92.8 Å². The van der Waals surface area contributed by atoms with Gasteiger partial charge in [-0.25, -0.2) is 4.72 Å². The lowest BCUT2D eigenvalue weighted by Crippen LogP contribution is -2.42. The molecule has 4 fully saturated rings. The molecule has 0 radical (unpaired) electrons. The Balaban J connectivity index is 1.26. The normalized spacial score (nSPS) is 27.8. The number of hydrogen-bond acceptors (Lipinski definition) is 6. The fourth-order valence-electron chi connectivity index (χ4n) is 10.1. The van der Waals surface area contributed by atoms with Crippen LogP contribution in [0.2, 0.25) is 0 Å². The van der Waals surface area contributed by atoms with E-state index in [-0.39, 0.29) is 17.4 Å². The largest absolute Gasteiger partial charge is 0.497 e. The minimum absolute atomic E-state index is 0.0566. The van der Waals surface area contributed by atoms with Gasteiger partial charge in [0.15, 0.2) is 0 Å². The molecule has 1 aromatic heterocycles. The van der Waals surface area contributed by atoms with E-state index in [9.17, 15) is 18.0 Å². The van der Waals surface area contributed by atoms with Crippen molar-refractivity contribution in [3.05, 3.63) is 53.1 Å². The Kier molecular flexibility index (Phi) is 7.92. The van der Waals surface area contributed by atoms with Crippen molar-refractivity contribution in [2.75, 3.05) is 41.8 Å². The van der Waals surface area contributed by atoms with Crippen LogP contribution in [0, 0.1) is 11.3 Å². The number of ether oxygens (including phenoxy) is 1. The quantitative estimate of drug-likeness (QED) is 0.344. The van der Waals surface area contributed by atoms with Crippen molar-refractivity contribution in [2.45, 2.75) is 88.3 Å². The molecule has 2 amide bonds. The summed E-state index contributed by atoms with van der Waals surface area (Å²) >= 11 is 0. The smallest absolute Gasteiger partial charge is 0.303 e. The molecule has 4 heterocycles. The maximum absolute atomic E-state index is 14.8. The lowest BCUT2D eigenvalue weighted by atomic mass is 9.81. The highest BCUT2D eigenvalue weighted by atomic mass is 32.2. The molecule has 0 spiro atoms. The molecule has 2 saturated carbocycles. The third kappa shape index (κ3) is 5.21. The molecule has 2 bridgehead atoms. The highest BCUT2D eigenvalue weighted by molar-refractivity contribution is 7.87. The van der Waals surface area contributed by atoms with Crippen molar-refractivity contribution >= 4 is 32.9 Å². The number of nitrogens with zero attached hydrogens (tertiary/aromatic N) is 4. The molecule has 262 valence electrons. The third-order valence-corrected chi connectivity index (χ3v) is 14.2. The maximum Gasteiger partial charge on any atom is 0.303 e. The average molecular weight is 688 g/mol. The number of methoxy groups -OCH3 is 1. The van der Waals surface area contributed by atoms with Gasteiger partial charge in [-0.2, -0.15) is 12.7 Å². The van der Waals surface area contributed by atoms with Crippen LogP contribution in [-0.2, 0) is 21.5 Å². The first-order valence-electron chi connectivity index (χ1n) is 18.0. The van der Waals surface area contributed by atoms with Gasteiger partial charge in [0, 0.05) is 74.3 Å². The zero-order chi connectivity index (χ0) is 34.4. The molecule has 2 aromatic carbocycles. The summed E-state index contributed by atoms with van der Waals surface area (Å²) in [5.74, 6) is 1.21. The average Bonchev–Trinajstić information content (AvgIpc) is 3.50. The molecule has 1 N–H and O–H groups in total. The molecule has 10 nitrogen and oxygen atoms in total. The molecule has 3 aromatic rings. The predicted molar refractivity (Wildman–Crippen MR) is 190 cm³/mol. The predicted octanol–water partition coefficient (Wildman–Crippen LogP) is 5.33. The Morgan fingerprint density at radius 3 is 2.47 bits per heavy atom. The molecule has 8 rings (SSSR count). The summed E-state index contributed by atoms with van der Waals surface area (Å²) in [5.41, 5.74) is 5.25. The first-order valence-corrected chi connectivity index (χ1v) is 19.4. The Morgan fingerprint density at radius 1 is 1.02 bits per heavy atom. The van der Waals surface area contributed by atoms with E-state index in [0.717, 1.165) is 70.0 Å². The zero-order valence-electron chi connectivity index (χ0n) is 29.4. The van der Waals surface area contributed by atoms with Gasteiger partial charge in [0.2, 0.25) is 5.91 Å². The molecule has 5 aliphatic rings. The van der Waals surface area contributed by atoms with E-state index in [1.54, 1.807) is 13.2 Å². The molecule has 49 heavy (non-hydrogen) atoms. The van der Waals surface area contributed by atoms with Gasteiger partial charge in [0.05, 0.1) is 18.2 Å². The van der Waals surface area contributed by atoms with Gasteiger partial charge in [-0.1, -0.05) is 25.3 Å². The molecular weight excluding hydrogens is 639 g/mol. The van der Waals surface area contributed by atoms with Gasteiger partial charge in [-0.05, 0) is 98.9 Å². The summed E-state index contributed by atoms with van der Waals surface area (Å²) in [6.07, 6.45) is 10.1. The fraction of sp³-hybridized carbons (Fsp3) is 0.579. The van der Waals surface area contributed by atoms with Crippen molar-refractivity contribution in [1.29, 1.82) is 0 Å². The number of carbonyl (C=O) groups excluding carboxylic acids is 2. The van der Waals surface area contributed by atoms with Crippen LogP contribution in [0.1, 0.15) is 91.1 Å². The van der Waals surface area contributed by atoms with E-state index in [2.05, 4.69) is 33.4 Å². The topological polar surface area (TPSA) is 104 Å². The van der Waals surface area contributed by atoms with E-state index in [1.807, 2.05) is 30.1 Å². The molecule has 5 unspecified atom stereocenters. The zero-order valence-corrected chi connectivity index (χ0v) is 30.2. The summed E-state index contributed by atoms with van der Waals surface area (Å²) < 4.78 is 36.5. The Hall–Kier alpha value is -3.41. The van der Waals surface area contributed by atoms with Crippen LogP contribution >= 0.6 is 0 Å². The van der Waals surface area contributed by atoms with E-state index in [4.69, 9.17) is 4.74 Å². The van der Waals surface area contributed by atoms with Crippen molar-refractivity contribution < 1.29 is 22.7 Å². The first kappa shape index (κ1) is 32.8. The molecule has 2 aliphatic carbocycles. The number of aromatic nitrogens is 1. The van der Waals surface area contributed by atoms with Crippen LogP contribution in [0.4, 0.5) is 0 Å². The van der Waals surface area contributed by atoms with E-state index in [1.165, 1.54) is 51.8 Å². The van der Waals surface area contributed by atoms with Gasteiger partial charge < -0.3 is 19.1 Å².